The van der Waals surface area contributed by atoms with Gasteiger partial charge >= 0.3 is 6.03 Å². The van der Waals surface area contributed by atoms with E-state index in [0.717, 1.165) is 6.61 Å². The molecule has 1 fully saturated rings. The summed E-state index contributed by atoms with van der Waals surface area (Å²) in [5.41, 5.74) is 4.93. The van der Waals surface area contributed by atoms with Crippen molar-refractivity contribution >= 4 is 12.2 Å². The minimum atomic E-state index is -0.469. The Bertz CT molecular complexity index is 246. The standard InChI is InChI=1S/C5H7N3O.C4H8O/c6-5(9)8-3-1-2-7-4-8;1-4-2-3-5-4/h1-3H,4H2,(H2,6,9);4H,2-3H2,1H3. The summed E-state index contributed by atoms with van der Waals surface area (Å²) in [6.45, 7) is 3.41. The van der Waals surface area contributed by atoms with Crippen LogP contribution in [0, 0.1) is 0 Å². The molecule has 2 heterocycles. The summed E-state index contributed by atoms with van der Waals surface area (Å²) in [6, 6.07) is -0.469. The van der Waals surface area contributed by atoms with Crippen molar-refractivity contribution in [1.29, 1.82) is 0 Å². The molecule has 0 aliphatic carbocycles. The summed E-state index contributed by atoms with van der Waals surface area (Å²) in [4.78, 5) is 15.5. The molecule has 78 valence electrons. The first-order valence-corrected chi connectivity index (χ1v) is 4.54. The lowest BCUT2D eigenvalue weighted by atomic mass is 10.2. The number of urea groups is 1. The van der Waals surface area contributed by atoms with Crippen LogP contribution in [0.15, 0.2) is 17.3 Å². The Morgan fingerprint density at radius 1 is 1.71 bits per heavy atom. The second-order valence-electron chi connectivity index (χ2n) is 3.09. The van der Waals surface area contributed by atoms with Crippen LogP contribution < -0.4 is 5.73 Å². The maximum absolute atomic E-state index is 10.4. The lowest BCUT2D eigenvalue weighted by Gasteiger charge is -2.20. The number of carbonyl (C=O) groups is 1. The number of hydrogen-bond donors (Lipinski definition) is 1. The van der Waals surface area contributed by atoms with Gasteiger partial charge in [0.2, 0.25) is 0 Å². The second-order valence-corrected chi connectivity index (χ2v) is 3.09. The molecule has 5 nitrogen and oxygen atoms in total. The first-order chi connectivity index (χ1) is 6.70. The molecule has 0 saturated carbocycles. The van der Waals surface area contributed by atoms with Gasteiger partial charge < -0.3 is 10.5 Å². The predicted octanol–water partition coefficient (Wildman–Crippen LogP) is 0.718. The number of aliphatic imine (C=N–C) groups is 1. The zero-order valence-corrected chi connectivity index (χ0v) is 8.22. The van der Waals surface area contributed by atoms with Gasteiger partial charge in [-0.15, -0.1) is 0 Å². The molecule has 0 bridgehead atoms. The van der Waals surface area contributed by atoms with Gasteiger partial charge in [0.05, 0.1) is 6.10 Å². The van der Waals surface area contributed by atoms with Crippen LogP contribution in [0.4, 0.5) is 4.79 Å². The zero-order chi connectivity index (χ0) is 10.4. The number of primary amides is 1. The van der Waals surface area contributed by atoms with Gasteiger partial charge in [-0.3, -0.25) is 9.89 Å². The SMILES string of the molecule is CC1CCO1.NC(=O)N1C=CC=NC1. The van der Waals surface area contributed by atoms with E-state index in [0.29, 0.717) is 12.8 Å². The van der Waals surface area contributed by atoms with E-state index in [-0.39, 0.29) is 0 Å². The Labute approximate surface area is 83.2 Å². The van der Waals surface area contributed by atoms with Gasteiger partial charge in [-0.05, 0) is 19.4 Å². The van der Waals surface area contributed by atoms with Crippen molar-refractivity contribution in [3.05, 3.63) is 12.3 Å². The first kappa shape index (κ1) is 10.7. The molecule has 2 rings (SSSR count). The fourth-order valence-electron chi connectivity index (χ4n) is 0.882. The summed E-state index contributed by atoms with van der Waals surface area (Å²) in [5, 5.41) is 0. The van der Waals surface area contributed by atoms with E-state index in [1.807, 2.05) is 0 Å². The lowest BCUT2D eigenvalue weighted by Crippen LogP contribution is -2.32. The smallest absolute Gasteiger partial charge is 0.320 e. The zero-order valence-electron chi connectivity index (χ0n) is 8.22. The van der Waals surface area contributed by atoms with Crippen LogP contribution in [0.1, 0.15) is 13.3 Å². The molecule has 0 spiro atoms. The molecule has 2 N–H and O–H groups in total. The Morgan fingerprint density at radius 3 is 2.57 bits per heavy atom. The molecular weight excluding hydrogens is 182 g/mol. The third kappa shape index (κ3) is 3.57. The number of rotatable bonds is 0. The normalized spacial score (nSPS) is 23.5. The van der Waals surface area contributed by atoms with Crippen molar-refractivity contribution in [1.82, 2.24) is 4.90 Å². The van der Waals surface area contributed by atoms with E-state index < -0.39 is 6.03 Å². The fourth-order valence-corrected chi connectivity index (χ4v) is 0.882. The molecule has 1 atom stereocenters. The van der Waals surface area contributed by atoms with Crippen molar-refractivity contribution in [2.45, 2.75) is 19.4 Å². The van der Waals surface area contributed by atoms with Gasteiger partial charge in [-0.2, -0.15) is 0 Å². The van der Waals surface area contributed by atoms with Gasteiger partial charge in [-0.25, -0.2) is 4.79 Å². The van der Waals surface area contributed by atoms with E-state index in [2.05, 4.69) is 11.9 Å². The highest BCUT2D eigenvalue weighted by Crippen LogP contribution is 2.07. The lowest BCUT2D eigenvalue weighted by molar-refractivity contribution is -0.0375. The summed E-state index contributed by atoms with van der Waals surface area (Å²) in [7, 11) is 0. The van der Waals surface area contributed by atoms with Crippen LogP contribution in [-0.4, -0.2) is 36.5 Å². The third-order valence-electron chi connectivity index (χ3n) is 1.90. The Kier molecular flexibility index (Phi) is 4.12. The van der Waals surface area contributed by atoms with E-state index in [1.165, 1.54) is 11.3 Å². The highest BCUT2D eigenvalue weighted by Gasteiger charge is 2.09. The Morgan fingerprint density at radius 2 is 2.36 bits per heavy atom. The van der Waals surface area contributed by atoms with Gasteiger partial charge in [0.25, 0.3) is 0 Å². The summed E-state index contributed by atoms with van der Waals surface area (Å²) < 4.78 is 4.93. The number of nitrogens with zero attached hydrogens (tertiary/aromatic N) is 2. The molecule has 0 aromatic carbocycles. The van der Waals surface area contributed by atoms with Crippen molar-refractivity contribution in [2.24, 2.45) is 10.7 Å². The molecule has 1 saturated heterocycles. The van der Waals surface area contributed by atoms with Crippen molar-refractivity contribution < 1.29 is 9.53 Å². The summed E-state index contributed by atoms with van der Waals surface area (Å²) in [5.74, 6) is 0. The number of carbonyl (C=O) groups excluding carboxylic acids is 1. The topological polar surface area (TPSA) is 67.9 Å². The summed E-state index contributed by atoms with van der Waals surface area (Å²) in [6.07, 6.45) is 6.71. The Hall–Kier alpha value is -1.36. The second kappa shape index (κ2) is 5.39. The highest BCUT2D eigenvalue weighted by molar-refractivity contribution is 5.78. The van der Waals surface area contributed by atoms with Crippen LogP contribution in [0.3, 0.4) is 0 Å². The fraction of sp³-hybridized carbons (Fsp3) is 0.556. The number of hydrogen-bond acceptors (Lipinski definition) is 3. The van der Waals surface area contributed by atoms with Gasteiger partial charge in [0.1, 0.15) is 6.67 Å². The van der Waals surface area contributed by atoms with E-state index >= 15 is 0 Å². The molecule has 14 heavy (non-hydrogen) atoms. The van der Waals surface area contributed by atoms with Crippen LogP contribution in [-0.2, 0) is 4.74 Å². The van der Waals surface area contributed by atoms with Gasteiger partial charge in [0, 0.05) is 19.0 Å². The number of nitrogens with two attached hydrogens (primary N) is 1. The molecule has 0 aromatic rings. The average Bonchev–Trinajstić information content (AvgIpc) is 2.17. The molecule has 0 radical (unpaired) electrons. The minimum absolute atomic E-state index is 0.339. The first-order valence-electron chi connectivity index (χ1n) is 4.54. The summed E-state index contributed by atoms with van der Waals surface area (Å²) >= 11 is 0. The molecule has 2 aliphatic heterocycles. The van der Waals surface area contributed by atoms with E-state index in [4.69, 9.17) is 10.5 Å². The molecule has 2 amide bonds. The quantitative estimate of drug-likeness (QED) is 0.621. The third-order valence-corrected chi connectivity index (χ3v) is 1.90. The molecule has 0 aromatic heterocycles. The molecule has 1 unspecified atom stereocenters. The number of allylic oxidation sites excluding steroid dienone is 1. The molecule has 5 heteroatoms. The Balaban J connectivity index is 0.000000165. The van der Waals surface area contributed by atoms with Gasteiger partial charge in [-0.1, -0.05) is 0 Å². The van der Waals surface area contributed by atoms with Crippen LogP contribution >= 0.6 is 0 Å². The maximum atomic E-state index is 10.4. The monoisotopic (exact) mass is 197 g/mol. The number of amides is 2. The van der Waals surface area contributed by atoms with Crippen LogP contribution in [0.25, 0.3) is 0 Å². The minimum Gasteiger partial charge on any atom is -0.378 e. The highest BCUT2D eigenvalue weighted by atomic mass is 16.5. The van der Waals surface area contributed by atoms with E-state index in [9.17, 15) is 4.79 Å². The average molecular weight is 197 g/mol. The van der Waals surface area contributed by atoms with Gasteiger partial charge in [0.15, 0.2) is 0 Å². The maximum Gasteiger partial charge on any atom is 0.320 e. The molecular formula is C9H15N3O2. The predicted molar refractivity (Wildman–Crippen MR) is 54.0 cm³/mol. The van der Waals surface area contributed by atoms with Crippen LogP contribution in [0.5, 0.6) is 0 Å². The largest absolute Gasteiger partial charge is 0.378 e. The van der Waals surface area contributed by atoms with Crippen molar-refractivity contribution in [3.8, 4) is 0 Å². The van der Waals surface area contributed by atoms with Crippen molar-refractivity contribution in [3.63, 3.8) is 0 Å². The van der Waals surface area contributed by atoms with Crippen LogP contribution in [0.2, 0.25) is 0 Å². The number of ether oxygens (including phenoxy) is 1. The van der Waals surface area contributed by atoms with Crippen molar-refractivity contribution in [2.75, 3.05) is 13.3 Å². The molecule has 2 aliphatic rings. The van der Waals surface area contributed by atoms with E-state index in [1.54, 1.807) is 18.5 Å².